The van der Waals surface area contributed by atoms with Gasteiger partial charge in [-0.05, 0) is 19.3 Å². The molecule has 2 atom stereocenters. The lowest BCUT2D eigenvalue weighted by Crippen LogP contribution is -2.60. The summed E-state index contributed by atoms with van der Waals surface area (Å²) in [5.41, 5.74) is 5.33. The van der Waals surface area contributed by atoms with E-state index in [0.717, 1.165) is 12.8 Å². The first-order valence-corrected chi connectivity index (χ1v) is 6.69. The highest BCUT2D eigenvalue weighted by Gasteiger charge is 2.39. The van der Waals surface area contributed by atoms with Crippen LogP contribution >= 0.6 is 0 Å². The number of carbonyl (C=O) groups is 3. The molecule has 112 valence electrons. The van der Waals surface area contributed by atoms with Gasteiger partial charge in [-0.3, -0.25) is 4.79 Å². The van der Waals surface area contributed by atoms with E-state index in [0.29, 0.717) is 19.6 Å². The zero-order valence-electron chi connectivity index (χ0n) is 11.2. The van der Waals surface area contributed by atoms with Crippen LogP contribution in [0.15, 0.2) is 0 Å². The molecule has 8 heteroatoms. The topological polar surface area (TPSA) is 113 Å². The molecule has 8 nitrogen and oxygen atoms in total. The van der Waals surface area contributed by atoms with E-state index < -0.39 is 30.0 Å². The predicted molar refractivity (Wildman–Crippen MR) is 67.9 cm³/mol. The highest BCUT2D eigenvalue weighted by Crippen LogP contribution is 2.20. The molecule has 0 aromatic carbocycles. The quantitative estimate of drug-likeness (QED) is 0.691. The molecule has 0 saturated carbocycles. The predicted octanol–water partition coefficient (Wildman–Crippen LogP) is -0.768. The fourth-order valence-electron chi connectivity index (χ4n) is 2.66. The lowest BCUT2D eigenvalue weighted by Gasteiger charge is -2.40. The van der Waals surface area contributed by atoms with Gasteiger partial charge in [0.15, 0.2) is 6.04 Å². The van der Waals surface area contributed by atoms with E-state index in [-0.39, 0.29) is 13.2 Å². The Labute approximate surface area is 116 Å². The van der Waals surface area contributed by atoms with E-state index in [1.165, 1.54) is 9.80 Å². The number of piperidine rings is 1. The van der Waals surface area contributed by atoms with Crippen LogP contribution in [0.1, 0.15) is 19.3 Å². The summed E-state index contributed by atoms with van der Waals surface area (Å²) in [5.74, 6) is -1.65. The Kier molecular flexibility index (Phi) is 4.43. The SMILES string of the molecule is NC(=O)C1CCCCN1C(=O)N1CCOCC1C(=O)O. The monoisotopic (exact) mass is 285 g/mol. The number of carboxylic acids is 1. The highest BCUT2D eigenvalue weighted by atomic mass is 16.5. The third-order valence-electron chi connectivity index (χ3n) is 3.74. The second-order valence-electron chi connectivity index (χ2n) is 5.01. The third-order valence-corrected chi connectivity index (χ3v) is 3.74. The molecule has 3 amide bonds. The average molecular weight is 285 g/mol. The van der Waals surface area contributed by atoms with E-state index in [1.54, 1.807) is 0 Å². The van der Waals surface area contributed by atoms with E-state index in [2.05, 4.69) is 0 Å². The summed E-state index contributed by atoms with van der Waals surface area (Å²) < 4.78 is 5.10. The van der Waals surface area contributed by atoms with Crippen LogP contribution in [0.5, 0.6) is 0 Å². The number of carbonyl (C=O) groups excluding carboxylic acids is 2. The van der Waals surface area contributed by atoms with Crippen molar-refractivity contribution in [1.29, 1.82) is 0 Å². The Hall–Kier alpha value is -1.83. The number of nitrogens with two attached hydrogens (primary N) is 1. The van der Waals surface area contributed by atoms with Crippen molar-refractivity contribution in [3.05, 3.63) is 0 Å². The van der Waals surface area contributed by atoms with Crippen LogP contribution in [0.2, 0.25) is 0 Å². The molecule has 2 fully saturated rings. The average Bonchev–Trinajstić information content (AvgIpc) is 2.46. The van der Waals surface area contributed by atoms with Gasteiger partial charge in [-0.1, -0.05) is 0 Å². The molecule has 0 aromatic rings. The number of morpholine rings is 1. The van der Waals surface area contributed by atoms with Crippen LogP contribution in [0, 0.1) is 0 Å². The highest BCUT2D eigenvalue weighted by molar-refractivity contribution is 5.88. The minimum Gasteiger partial charge on any atom is -0.480 e. The zero-order valence-corrected chi connectivity index (χ0v) is 11.2. The van der Waals surface area contributed by atoms with Crippen LogP contribution in [0.4, 0.5) is 4.79 Å². The molecule has 2 unspecified atom stereocenters. The molecule has 0 spiro atoms. The minimum atomic E-state index is -1.11. The molecule has 2 aliphatic heterocycles. The van der Waals surface area contributed by atoms with Crippen molar-refractivity contribution in [2.24, 2.45) is 5.73 Å². The summed E-state index contributed by atoms with van der Waals surface area (Å²) in [6.45, 7) is 0.897. The number of carboxylic acid groups (broad SMARTS) is 1. The van der Waals surface area contributed by atoms with E-state index >= 15 is 0 Å². The molecule has 2 heterocycles. The van der Waals surface area contributed by atoms with Crippen LogP contribution in [-0.4, -0.2) is 71.2 Å². The minimum absolute atomic E-state index is 0.0316. The fraction of sp³-hybridized carbons (Fsp3) is 0.750. The number of nitrogens with zero attached hydrogens (tertiary/aromatic N) is 2. The van der Waals surface area contributed by atoms with Crippen LogP contribution in [-0.2, 0) is 14.3 Å². The molecule has 0 aromatic heterocycles. The first-order valence-electron chi connectivity index (χ1n) is 6.69. The van der Waals surface area contributed by atoms with Crippen molar-refractivity contribution in [2.45, 2.75) is 31.3 Å². The molecule has 0 radical (unpaired) electrons. The van der Waals surface area contributed by atoms with Gasteiger partial charge >= 0.3 is 12.0 Å². The van der Waals surface area contributed by atoms with Crippen molar-refractivity contribution in [2.75, 3.05) is 26.3 Å². The standard InChI is InChI=1S/C12H19N3O5/c13-10(16)8-3-1-2-4-14(8)12(19)15-5-6-20-7-9(15)11(17)18/h8-9H,1-7H2,(H2,13,16)(H,17,18). The molecule has 0 aliphatic carbocycles. The Morgan fingerprint density at radius 3 is 2.45 bits per heavy atom. The normalized spacial score (nSPS) is 27.2. The van der Waals surface area contributed by atoms with Crippen molar-refractivity contribution in [3.8, 4) is 0 Å². The van der Waals surface area contributed by atoms with Gasteiger partial charge in [-0.25, -0.2) is 9.59 Å². The van der Waals surface area contributed by atoms with Gasteiger partial charge in [0.05, 0.1) is 13.2 Å². The summed E-state index contributed by atoms with van der Waals surface area (Å²) in [6.07, 6.45) is 2.16. The lowest BCUT2D eigenvalue weighted by atomic mass is 10.0. The molecule has 0 bridgehead atoms. The molecule has 3 N–H and O–H groups in total. The first-order chi connectivity index (χ1) is 9.52. The number of urea groups is 1. The maximum absolute atomic E-state index is 12.5. The van der Waals surface area contributed by atoms with Crippen molar-refractivity contribution < 1.29 is 24.2 Å². The number of ether oxygens (including phenoxy) is 1. The van der Waals surface area contributed by atoms with Gasteiger partial charge in [0.25, 0.3) is 0 Å². The summed E-state index contributed by atoms with van der Waals surface area (Å²) in [7, 11) is 0. The first kappa shape index (κ1) is 14.6. The van der Waals surface area contributed by atoms with Gasteiger partial charge in [-0.15, -0.1) is 0 Å². The Balaban J connectivity index is 2.14. The van der Waals surface area contributed by atoms with E-state index in [1.807, 2.05) is 0 Å². The molecular formula is C12H19N3O5. The van der Waals surface area contributed by atoms with Crippen LogP contribution < -0.4 is 5.73 Å². The largest absolute Gasteiger partial charge is 0.480 e. The number of aliphatic carboxylic acids is 1. The second kappa shape index (κ2) is 6.08. The number of amides is 3. The van der Waals surface area contributed by atoms with Gasteiger partial charge in [-0.2, -0.15) is 0 Å². The summed E-state index contributed by atoms with van der Waals surface area (Å²) in [5, 5.41) is 9.15. The molecule has 2 saturated heterocycles. The third kappa shape index (κ3) is 2.84. The van der Waals surface area contributed by atoms with Gasteiger partial charge in [0.1, 0.15) is 6.04 Å². The van der Waals surface area contributed by atoms with Gasteiger partial charge < -0.3 is 25.4 Å². The number of hydrogen-bond donors (Lipinski definition) is 2. The number of primary amides is 1. The smallest absolute Gasteiger partial charge is 0.328 e. The molecule has 2 rings (SSSR count). The lowest BCUT2D eigenvalue weighted by molar-refractivity contribution is -0.147. The van der Waals surface area contributed by atoms with Crippen molar-refractivity contribution >= 4 is 17.9 Å². The Morgan fingerprint density at radius 2 is 1.80 bits per heavy atom. The van der Waals surface area contributed by atoms with Crippen molar-refractivity contribution in [3.63, 3.8) is 0 Å². The Bertz CT molecular complexity index is 378. The van der Waals surface area contributed by atoms with Crippen LogP contribution in [0.3, 0.4) is 0 Å². The molecule has 20 heavy (non-hydrogen) atoms. The number of hydrogen-bond acceptors (Lipinski definition) is 4. The summed E-state index contributed by atoms with van der Waals surface area (Å²) in [4.78, 5) is 37.8. The maximum atomic E-state index is 12.5. The van der Waals surface area contributed by atoms with E-state index in [9.17, 15) is 14.4 Å². The van der Waals surface area contributed by atoms with Crippen molar-refractivity contribution in [1.82, 2.24) is 9.80 Å². The van der Waals surface area contributed by atoms with Gasteiger partial charge in [0, 0.05) is 13.1 Å². The van der Waals surface area contributed by atoms with Gasteiger partial charge in [0.2, 0.25) is 5.91 Å². The zero-order chi connectivity index (χ0) is 14.7. The molecule has 2 aliphatic rings. The summed E-state index contributed by atoms with van der Waals surface area (Å²) in [6, 6.07) is -2.09. The van der Waals surface area contributed by atoms with Crippen LogP contribution in [0.25, 0.3) is 0 Å². The number of likely N-dealkylation sites (tertiary alicyclic amines) is 1. The Morgan fingerprint density at radius 1 is 1.10 bits per heavy atom. The van der Waals surface area contributed by atoms with E-state index in [4.69, 9.17) is 15.6 Å². The second-order valence-corrected chi connectivity index (χ2v) is 5.01. The fourth-order valence-corrected chi connectivity index (χ4v) is 2.66. The number of rotatable bonds is 2. The maximum Gasteiger partial charge on any atom is 0.328 e. The summed E-state index contributed by atoms with van der Waals surface area (Å²) >= 11 is 0. The molecular weight excluding hydrogens is 266 g/mol.